The van der Waals surface area contributed by atoms with Crippen LogP contribution in [0.1, 0.15) is 19.4 Å². The molecule has 0 saturated heterocycles. The summed E-state index contributed by atoms with van der Waals surface area (Å²) < 4.78 is 5.83. The molecule has 1 unspecified atom stereocenters. The second-order valence-corrected chi connectivity index (χ2v) is 5.62. The quantitative estimate of drug-likeness (QED) is 0.552. The van der Waals surface area contributed by atoms with Gasteiger partial charge in [-0.2, -0.15) is 5.26 Å². The molecule has 1 heterocycles. The Morgan fingerprint density at radius 1 is 1.36 bits per heavy atom. The first-order chi connectivity index (χ1) is 10.4. The molecule has 0 N–H and O–H groups in total. The normalized spacial score (nSPS) is 22.4. The van der Waals surface area contributed by atoms with Gasteiger partial charge in [0.1, 0.15) is 6.07 Å². The summed E-state index contributed by atoms with van der Waals surface area (Å²) in [5.74, 6) is -0.00832. The summed E-state index contributed by atoms with van der Waals surface area (Å²) >= 11 is 12.1. The standard InChI is InChI=1S/C16H9Cl2N3O/c1-9-11(7-19)15(14(8-20)21-3)22-16(9,2)12-5-4-10(17)6-13(12)18/h4-6H,1-2H3/b15-14-. The predicted molar refractivity (Wildman–Crippen MR) is 82.5 cm³/mol. The van der Waals surface area contributed by atoms with E-state index in [9.17, 15) is 5.26 Å². The van der Waals surface area contributed by atoms with Gasteiger partial charge in [-0.25, -0.2) is 10.1 Å². The molecular weight excluding hydrogens is 321 g/mol. The van der Waals surface area contributed by atoms with E-state index in [0.29, 0.717) is 21.2 Å². The fourth-order valence-corrected chi connectivity index (χ4v) is 2.89. The van der Waals surface area contributed by atoms with Crippen LogP contribution in [0.15, 0.2) is 40.8 Å². The van der Waals surface area contributed by atoms with Crippen molar-refractivity contribution in [2.24, 2.45) is 0 Å². The zero-order valence-electron chi connectivity index (χ0n) is 11.7. The van der Waals surface area contributed by atoms with Gasteiger partial charge in [0.05, 0.1) is 18.2 Å². The number of rotatable bonds is 1. The number of hydrogen-bond donors (Lipinski definition) is 0. The first-order valence-electron chi connectivity index (χ1n) is 6.17. The third-order valence-corrected chi connectivity index (χ3v) is 4.16. The van der Waals surface area contributed by atoms with Crippen LogP contribution in [0.25, 0.3) is 4.85 Å². The second-order valence-electron chi connectivity index (χ2n) is 4.77. The highest BCUT2D eigenvalue weighted by molar-refractivity contribution is 6.35. The summed E-state index contributed by atoms with van der Waals surface area (Å²) in [6.07, 6.45) is 0. The lowest BCUT2D eigenvalue weighted by Crippen LogP contribution is -2.23. The molecule has 0 amide bonds. The smallest absolute Gasteiger partial charge is 0.304 e. The Labute approximate surface area is 138 Å². The van der Waals surface area contributed by atoms with Crippen molar-refractivity contribution in [3.63, 3.8) is 0 Å². The minimum atomic E-state index is -1.03. The van der Waals surface area contributed by atoms with Crippen molar-refractivity contribution in [2.75, 3.05) is 0 Å². The average Bonchev–Trinajstić information content (AvgIpc) is 2.73. The van der Waals surface area contributed by atoms with Crippen molar-refractivity contribution in [1.29, 1.82) is 10.5 Å². The molecule has 1 aromatic rings. The highest BCUT2D eigenvalue weighted by Gasteiger charge is 2.43. The second kappa shape index (κ2) is 5.74. The van der Waals surface area contributed by atoms with Gasteiger partial charge in [-0.05, 0) is 31.6 Å². The lowest BCUT2D eigenvalue weighted by Gasteiger charge is -2.28. The minimum Gasteiger partial charge on any atom is -0.487 e. The van der Waals surface area contributed by atoms with Gasteiger partial charge in [0.2, 0.25) is 0 Å². The van der Waals surface area contributed by atoms with Gasteiger partial charge >= 0.3 is 5.70 Å². The zero-order chi connectivity index (χ0) is 16.5. The summed E-state index contributed by atoms with van der Waals surface area (Å²) in [6, 6.07) is 8.70. The van der Waals surface area contributed by atoms with E-state index in [-0.39, 0.29) is 17.0 Å². The van der Waals surface area contributed by atoms with E-state index in [0.717, 1.165) is 0 Å². The van der Waals surface area contributed by atoms with E-state index in [2.05, 4.69) is 4.85 Å². The van der Waals surface area contributed by atoms with Crippen LogP contribution in [-0.4, -0.2) is 0 Å². The highest BCUT2D eigenvalue weighted by atomic mass is 35.5. The fourth-order valence-electron chi connectivity index (χ4n) is 2.30. The van der Waals surface area contributed by atoms with Gasteiger partial charge < -0.3 is 4.74 Å². The Kier molecular flexibility index (Phi) is 4.16. The Bertz CT molecular complexity index is 834. The van der Waals surface area contributed by atoms with Crippen LogP contribution < -0.4 is 0 Å². The molecule has 1 aromatic carbocycles. The zero-order valence-corrected chi connectivity index (χ0v) is 13.2. The van der Waals surface area contributed by atoms with E-state index in [4.69, 9.17) is 39.8 Å². The third-order valence-electron chi connectivity index (χ3n) is 3.61. The van der Waals surface area contributed by atoms with Crippen molar-refractivity contribution < 1.29 is 4.74 Å². The predicted octanol–water partition coefficient (Wildman–Crippen LogP) is 4.73. The molecule has 6 heteroatoms. The SMILES string of the molecule is [C-]#[N+]/C(C#N)=C1\OC(C)(c2ccc(Cl)cc2Cl)C(C)=C1C#N. The van der Waals surface area contributed by atoms with Crippen molar-refractivity contribution in [2.45, 2.75) is 19.4 Å². The fraction of sp³-hybridized carbons (Fsp3) is 0.188. The highest BCUT2D eigenvalue weighted by Crippen LogP contribution is 2.48. The van der Waals surface area contributed by atoms with E-state index < -0.39 is 5.60 Å². The van der Waals surface area contributed by atoms with Gasteiger partial charge in [0.25, 0.3) is 0 Å². The Balaban J connectivity index is 2.72. The van der Waals surface area contributed by atoms with Crippen LogP contribution in [0.4, 0.5) is 0 Å². The first kappa shape index (κ1) is 15.9. The lowest BCUT2D eigenvalue weighted by atomic mass is 9.88. The molecular formula is C16H9Cl2N3O. The number of hydrogen-bond acceptors (Lipinski definition) is 3. The maximum atomic E-state index is 9.35. The molecule has 0 aliphatic carbocycles. The molecule has 4 nitrogen and oxygen atoms in total. The molecule has 0 saturated carbocycles. The number of nitriles is 2. The Hall–Kier alpha value is -2.45. The summed E-state index contributed by atoms with van der Waals surface area (Å²) in [5.41, 5.74) is 0.0898. The topological polar surface area (TPSA) is 61.2 Å². The van der Waals surface area contributed by atoms with Gasteiger partial charge in [0.15, 0.2) is 11.4 Å². The van der Waals surface area contributed by atoms with Crippen LogP contribution in [-0.2, 0) is 10.3 Å². The molecule has 0 fully saturated rings. The molecule has 0 radical (unpaired) electrons. The summed E-state index contributed by atoms with van der Waals surface area (Å²) in [4.78, 5) is 3.12. The van der Waals surface area contributed by atoms with Gasteiger partial charge in [0, 0.05) is 15.6 Å². The summed E-state index contributed by atoms with van der Waals surface area (Å²) in [5, 5.41) is 19.3. The van der Waals surface area contributed by atoms with E-state index in [1.165, 1.54) is 0 Å². The summed E-state index contributed by atoms with van der Waals surface area (Å²) in [6.45, 7) is 10.5. The molecule has 0 aromatic heterocycles. The van der Waals surface area contributed by atoms with Crippen LogP contribution in [0, 0.1) is 29.2 Å². The molecule has 108 valence electrons. The van der Waals surface area contributed by atoms with E-state index >= 15 is 0 Å². The summed E-state index contributed by atoms with van der Waals surface area (Å²) in [7, 11) is 0. The van der Waals surface area contributed by atoms with E-state index in [1.54, 1.807) is 38.1 Å². The molecule has 1 aliphatic heterocycles. The van der Waals surface area contributed by atoms with Crippen LogP contribution in [0.2, 0.25) is 10.0 Å². The number of nitrogens with zero attached hydrogens (tertiary/aromatic N) is 3. The minimum absolute atomic E-state index is 0.00832. The number of allylic oxidation sites excluding steroid dienone is 2. The van der Waals surface area contributed by atoms with Crippen LogP contribution in [0.3, 0.4) is 0 Å². The largest absolute Gasteiger partial charge is 0.487 e. The molecule has 0 spiro atoms. The van der Waals surface area contributed by atoms with Gasteiger partial charge in [-0.1, -0.05) is 29.3 Å². The molecule has 0 bridgehead atoms. The molecule has 22 heavy (non-hydrogen) atoms. The maximum absolute atomic E-state index is 9.35. The van der Waals surface area contributed by atoms with Gasteiger partial charge in [-0.15, -0.1) is 0 Å². The Morgan fingerprint density at radius 2 is 2.05 bits per heavy atom. The number of halogens is 2. The average molecular weight is 330 g/mol. The van der Waals surface area contributed by atoms with Crippen molar-refractivity contribution in [3.8, 4) is 12.1 Å². The number of benzene rings is 1. The number of ether oxygens (including phenoxy) is 1. The van der Waals surface area contributed by atoms with Crippen LogP contribution in [0.5, 0.6) is 0 Å². The van der Waals surface area contributed by atoms with E-state index in [1.807, 2.05) is 6.07 Å². The maximum Gasteiger partial charge on any atom is 0.304 e. The van der Waals surface area contributed by atoms with Crippen molar-refractivity contribution >= 4 is 23.2 Å². The van der Waals surface area contributed by atoms with Crippen molar-refractivity contribution in [1.82, 2.24) is 0 Å². The molecule has 2 rings (SSSR count). The lowest BCUT2D eigenvalue weighted by molar-refractivity contribution is 0.0728. The van der Waals surface area contributed by atoms with Crippen LogP contribution >= 0.6 is 23.2 Å². The third kappa shape index (κ3) is 2.32. The first-order valence-corrected chi connectivity index (χ1v) is 6.92. The van der Waals surface area contributed by atoms with Gasteiger partial charge in [-0.3, -0.25) is 0 Å². The Morgan fingerprint density at radius 3 is 2.55 bits per heavy atom. The molecule has 1 aliphatic rings. The molecule has 1 atom stereocenters. The monoisotopic (exact) mass is 329 g/mol. The van der Waals surface area contributed by atoms with Crippen molar-refractivity contribution in [3.05, 3.63) is 67.8 Å².